The van der Waals surface area contributed by atoms with Gasteiger partial charge in [0.15, 0.2) is 0 Å². The molecule has 3 amide bonds. The smallest absolute Gasteiger partial charge is 0.263 e. The lowest BCUT2D eigenvalue weighted by Crippen LogP contribution is -2.55. The van der Waals surface area contributed by atoms with Crippen LogP contribution in [0, 0.1) is 12.8 Å². The van der Waals surface area contributed by atoms with Crippen LogP contribution in [0.5, 0.6) is 0 Å². The van der Waals surface area contributed by atoms with Gasteiger partial charge in [0.05, 0.1) is 4.88 Å². The monoisotopic (exact) mass is 441 g/mol. The Kier molecular flexibility index (Phi) is 7.85. The number of carbonyl (C=O) groups is 3. The molecule has 0 unspecified atom stereocenters. The number of carbonyl (C=O) groups excluding carboxylic acids is 3. The molecule has 0 radical (unpaired) electrons. The van der Waals surface area contributed by atoms with Gasteiger partial charge >= 0.3 is 0 Å². The molecule has 2 N–H and O–H groups in total. The molecule has 1 aliphatic rings. The lowest BCUT2D eigenvalue weighted by Gasteiger charge is -2.36. The molecule has 0 spiro atoms. The molecule has 2 heterocycles. The second-order valence-electron chi connectivity index (χ2n) is 8.19. The summed E-state index contributed by atoms with van der Waals surface area (Å²) in [5.41, 5.74) is 1.45. The number of likely N-dealkylation sites (tertiary alicyclic amines) is 1. The molecule has 1 aromatic carbocycles. The van der Waals surface area contributed by atoms with Crippen LogP contribution in [0.3, 0.4) is 0 Å². The minimum Gasteiger partial charge on any atom is -0.352 e. The molecule has 0 bridgehead atoms. The molecule has 0 saturated carbocycles. The molecule has 7 heteroatoms. The zero-order valence-electron chi connectivity index (χ0n) is 18.4. The Balaban J connectivity index is 1.71. The molecule has 3 rings (SSSR count). The molecule has 2 aromatic rings. The highest BCUT2D eigenvalue weighted by Gasteiger charge is 2.34. The quantitative estimate of drug-likeness (QED) is 0.689. The van der Waals surface area contributed by atoms with E-state index in [1.54, 1.807) is 6.07 Å². The van der Waals surface area contributed by atoms with Gasteiger partial charge in [-0.1, -0.05) is 31.2 Å². The Hall–Kier alpha value is -2.67. The Morgan fingerprint density at radius 3 is 2.42 bits per heavy atom. The van der Waals surface area contributed by atoms with E-state index in [2.05, 4.69) is 10.6 Å². The first-order valence-electron chi connectivity index (χ1n) is 10.9. The Labute approximate surface area is 188 Å². The van der Waals surface area contributed by atoms with Crippen molar-refractivity contribution in [1.82, 2.24) is 15.5 Å². The van der Waals surface area contributed by atoms with E-state index in [1.165, 1.54) is 11.3 Å². The number of rotatable bonds is 7. The maximum Gasteiger partial charge on any atom is 0.263 e. The molecule has 2 atom stereocenters. The average molecular weight is 442 g/mol. The molecular formula is C24H31N3O3S. The maximum atomic E-state index is 13.1. The summed E-state index contributed by atoms with van der Waals surface area (Å²) in [6.45, 7) is 7.02. The van der Waals surface area contributed by atoms with Crippen LogP contribution in [-0.2, 0) is 4.79 Å². The van der Waals surface area contributed by atoms with Gasteiger partial charge in [0.25, 0.3) is 11.8 Å². The zero-order chi connectivity index (χ0) is 22.4. The third-order valence-corrected chi connectivity index (χ3v) is 6.85. The van der Waals surface area contributed by atoms with Crippen LogP contribution in [0.2, 0.25) is 0 Å². The summed E-state index contributed by atoms with van der Waals surface area (Å²) in [6, 6.07) is 10.5. The Morgan fingerprint density at radius 1 is 1.10 bits per heavy atom. The minimum absolute atomic E-state index is 0.0237. The second-order valence-corrected chi connectivity index (χ2v) is 9.14. The van der Waals surface area contributed by atoms with Crippen molar-refractivity contribution in [1.29, 1.82) is 0 Å². The molecule has 1 aromatic heterocycles. The van der Waals surface area contributed by atoms with Crippen LogP contribution >= 0.6 is 11.3 Å². The third kappa shape index (κ3) is 5.73. The van der Waals surface area contributed by atoms with Gasteiger partial charge in [-0.15, -0.1) is 11.3 Å². The molecular weight excluding hydrogens is 410 g/mol. The number of nitrogens with one attached hydrogen (secondary N) is 2. The predicted molar refractivity (Wildman–Crippen MR) is 123 cm³/mol. The van der Waals surface area contributed by atoms with Crippen molar-refractivity contribution in [3.05, 3.63) is 57.8 Å². The van der Waals surface area contributed by atoms with Gasteiger partial charge in [0.1, 0.15) is 6.04 Å². The lowest BCUT2D eigenvalue weighted by atomic mass is 9.88. The van der Waals surface area contributed by atoms with Crippen LogP contribution in [0.4, 0.5) is 0 Å². The number of amides is 3. The molecule has 0 aliphatic carbocycles. The van der Waals surface area contributed by atoms with Crippen molar-refractivity contribution in [2.24, 2.45) is 5.92 Å². The lowest BCUT2D eigenvalue weighted by molar-refractivity contribution is -0.125. The van der Waals surface area contributed by atoms with Crippen molar-refractivity contribution in [2.75, 3.05) is 13.1 Å². The number of benzene rings is 1. The van der Waals surface area contributed by atoms with E-state index in [9.17, 15) is 14.4 Å². The number of thiophene rings is 1. The number of aryl methyl sites for hydroxylation is 1. The van der Waals surface area contributed by atoms with Crippen LogP contribution in [-0.4, -0.2) is 47.8 Å². The van der Waals surface area contributed by atoms with Crippen molar-refractivity contribution in [2.45, 2.75) is 52.1 Å². The summed E-state index contributed by atoms with van der Waals surface area (Å²) in [5, 5.41) is 7.91. The normalized spacial score (nSPS) is 16.4. The minimum atomic E-state index is -0.625. The van der Waals surface area contributed by atoms with Crippen LogP contribution < -0.4 is 10.6 Å². The number of hydrogen-bond donors (Lipinski definition) is 2. The SMILES string of the molecule is CC[C@@H](C)NC(=O)[C@H](NC(=O)c1ccccc1C)C1CCN(C(=O)c2cccs2)CC1. The first kappa shape index (κ1) is 23.0. The zero-order valence-corrected chi connectivity index (χ0v) is 19.2. The first-order chi connectivity index (χ1) is 14.9. The third-order valence-electron chi connectivity index (χ3n) is 5.99. The van der Waals surface area contributed by atoms with Crippen molar-refractivity contribution < 1.29 is 14.4 Å². The maximum absolute atomic E-state index is 13.1. The fourth-order valence-corrected chi connectivity index (χ4v) is 4.56. The summed E-state index contributed by atoms with van der Waals surface area (Å²) < 4.78 is 0. The first-order valence-corrected chi connectivity index (χ1v) is 11.8. The molecule has 1 saturated heterocycles. The van der Waals surface area contributed by atoms with Gasteiger partial charge in [-0.3, -0.25) is 14.4 Å². The van der Waals surface area contributed by atoms with E-state index in [0.717, 1.165) is 16.9 Å². The molecule has 31 heavy (non-hydrogen) atoms. The average Bonchev–Trinajstić information content (AvgIpc) is 3.32. The van der Waals surface area contributed by atoms with E-state index in [1.807, 2.05) is 61.4 Å². The van der Waals surface area contributed by atoms with E-state index < -0.39 is 6.04 Å². The topological polar surface area (TPSA) is 78.5 Å². The van der Waals surface area contributed by atoms with Gasteiger partial charge < -0.3 is 15.5 Å². The van der Waals surface area contributed by atoms with Crippen LogP contribution in [0.15, 0.2) is 41.8 Å². The summed E-state index contributed by atoms with van der Waals surface area (Å²) in [6.07, 6.45) is 2.16. The number of nitrogens with zero attached hydrogens (tertiary/aromatic N) is 1. The van der Waals surface area contributed by atoms with E-state index in [4.69, 9.17) is 0 Å². The Morgan fingerprint density at radius 2 is 1.81 bits per heavy atom. The summed E-state index contributed by atoms with van der Waals surface area (Å²) in [7, 11) is 0. The molecule has 1 fully saturated rings. The van der Waals surface area contributed by atoms with Gasteiger partial charge in [-0.05, 0) is 62.1 Å². The Bertz CT molecular complexity index is 905. The van der Waals surface area contributed by atoms with E-state index in [-0.39, 0.29) is 29.7 Å². The van der Waals surface area contributed by atoms with Crippen LogP contribution in [0.25, 0.3) is 0 Å². The van der Waals surface area contributed by atoms with Gasteiger partial charge in [-0.2, -0.15) is 0 Å². The number of piperidine rings is 1. The summed E-state index contributed by atoms with van der Waals surface area (Å²) in [5.74, 6) is -0.374. The fourth-order valence-electron chi connectivity index (χ4n) is 3.87. The molecule has 1 aliphatic heterocycles. The van der Waals surface area contributed by atoms with Gasteiger partial charge in [-0.25, -0.2) is 0 Å². The van der Waals surface area contributed by atoms with Crippen molar-refractivity contribution >= 4 is 29.1 Å². The van der Waals surface area contributed by atoms with Crippen molar-refractivity contribution in [3.63, 3.8) is 0 Å². The standard InChI is InChI=1S/C24H31N3O3S/c1-4-17(3)25-23(29)21(26-22(28)19-9-6-5-8-16(19)2)18-11-13-27(14-12-18)24(30)20-10-7-15-31-20/h5-10,15,17-18,21H,4,11-14H2,1-3H3,(H,25,29)(H,26,28)/t17-,21-/m1/s1. The highest BCUT2D eigenvalue weighted by atomic mass is 32.1. The predicted octanol–water partition coefficient (Wildman–Crippen LogP) is 3.62. The van der Waals surface area contributed by atoms with Gasteiger partial charge in [0.2, 0.25) is 5.91 Å². The number of hydrogen-bond acceptors (Lipinski definition) is 4. The van der Waals surface area contributed by atoms with Gasteiger partial charge in [0, 0.05) is 24.7 Å². The fraction of sp³-hybridized carbons (Fsp3) is 0.458. The van der Waals surface area contributed by atoms with E-state index >= 15 is 0 Å². The van der Waals surface area contributed by atoms with Crippen molar-refractivity contribution in [3.8, 4) is 0 Å². The highest BCUT2D eigenvalue weighted by molar-refractivity contribution is 7.12. The molecule has 166 valence electrons. The highest BCUT2D eigenvalue weighted by Crippen LogP contribution is 2.24. The largest absolute Gasteiger partial charge is 0.352 e. The van der Waals surface area contributed by atoms with Crippen LogP contribution in [0.1, 0.15) is 58.7 Å². The molecule has 6 nitrogen and oxygen atoms in total. The second kappa shape index (κ2) is 10.6. The summed E-state index contributed by atoms with van der Waals surface area (Å²) >= 11 is 1.44. The summed E-state index contributed by atoms with van der Waals surface area (Å²) in [4.78, 5) is 41.2. The van der Waals surface area contributed by atoms with E-state index in [0.29, 0.717) is 31.5 Å².